The predicted molar refractivity (Wildman–Crippen MR) is 98.6 cm³/mol. The van der Waals surface area contributed by atoms with Gasteiger partial charge >= 0.3 is 0 Å². The number of aliphatic imine (C=N–C) groups is 1. The van der Waals surface area contributed by atoms with Gasteiger partial charge in [-0.05, 0) is 18.8 Å². The number of nitrogens with zero attached hydrogens (tertiary/aromatic N) is 2. The van der Waals surface area contributed by atoms with Crippen molar-refractivity contribution >= 4 is 5.96 Å². The largest absolute Gasteiger partial charge is 0.379 e. The van der Waals surface area contributed by atoms with E-state index in [0.29, 0.717) is 18.1 Å². The van der Waals surface area contributed by atoms with Gasteiger partial charge in [0.05, 0.1) is 19.3 Å². The molecular weight excluding hydrogens is 304 g/mol. The highest BCUT2D eigenvalue weighted by atomic mass is 16.5. The van der Waals surface area contributed by atoms with E-state index in [1.807, 2.05) is 7.05 Å². The Balaban J connectivity index is 1.84. The third kappa shape index (κ3) is 5.90. The average Bonchev–Trinajstić information content (AvgIpc) is 3.15. The van der Waals surface area contributed by atoms with Crippen molar-refractivity contribution in [1.29, 1.82) is 0 Å². The van der Waals surface area contributed by atoms with Crippen LogP contribution in [0.4, 0.5) is 0 Å². The quantitative estimate of drug-likeness (QED) is 0.518. The van der Waals surface area contributed by atoms with Crippen LogP contribution in [0.2, 0.25) is 0 Å². The van der Waals surface area contributed by atoms with Gasteiger partial charge in [0.15, 0.2) is 5.96 Å². The lowest BCUT2D eigenvalue weighted by atomic mass is 9.92. The molecule has 0 bridgehead atoms. The Morgan fingerprint density at radius 3 is 2.50 bits per heavy atom. The summed E-state index contributed by atoms with van der Waals surface area (Å²) in [4.78, 5) is 6.96. The minimum Gasteiger partial charge on any atom is -0.379 e. The van der Waals surface area contributed by atoms with Gasteiger partial charge in [-0.25, -0.2) is 0 Å². The van der Waals surface area contributed by atoms with E-state index in [4.69, 9.17) is 9.47 Å². The molecule has 0 spiro atoms. The van der Waals surface area contributed by atoms with Crippen LogP contribution in [0.25, 0.3) is 0 Å². The maximum absolute atomic E-state index is 5.67. The Morgan fingerprint density at radius 2 is 1.92 bits per heavy atom. The first-order valence-electron chi connectivity index (χ1n) is 9.66. The normalized spacial score (nSPS) is 24.3. The maximum Gasteiger partial charge on any atom is 0.191 e. The van der Waals surface area contributed by atoms with Crippen molar-refractivity contribution in [3.8, 4) is 0 Å². The molecule has 2 fully saturated rings. The molecule has 0 aromatic rings. The third-order valence-electron chi connectivity index (χ3n) is 5.33. The lowest BCUT2D eigenvalue weighted by Crippen LogP contribution is -2.53. The molecule has 6 heteroatoms. The number of rotatable bonds is 8. The Kier molecular flexibility index (Phi) is 8.84. The zero-order chi connectivity index (χ0) is 17.2. The summed E-state index contributed by atoms with van der Waals surface area (Å²) in [6, 6.07) is 0.533. The van der Waals surface area contributed by atoms with Crippen molar-refractivity contribution in [2.45, 2.75) is 51.7 Å². The molecule has 2 atom stereocenters. The van der Waals surface area contributed by atoms with E-state index in [2.05, 4.69) is 34.4 Å². The lowest BCUT2D eigenvalue weighted by Gasteiger charge is -2.39. The second kappa shape index (κ2) is 10.9. The third-order valence-corrected chi connectivity index (χ3v) is 5.33. The Labute approximate surface area is 147 Å². The van der Waals surface area contributed by atoms with Crippen LogP contribution in [0.1, 0.15) is 39.5 Å². The molecule has 2 aliphatic heterocycles. The molecule has 2 heterocycles. The van der Waals surface area contributed by atoms with Crippen molar-refractivity contribution in [3.63, 3.8) is 0 Å². The fourth-order valence-corrected chi connectivity index (χ4v) is 3.77. The van der Waals surface area contributed by atoms with Gasteiger partial charge in [-0.15, -0.1) is 0 Å². The molecule has 140 valence electrons. The molecule has 0 aliphatic carbocycles. The molecule has 24 heavy (non-hydrogen) atoms. The summed E-state index contributed by atoms with van der Waals surface area (Å²) < 4.78 is 11.2. The smallest absolute Gasteiger partial charge is 0.191 e. The van der Waals surface area contributed by atoms with Crippen molar-refractivity contribution in [1.82, 2.24) is 15.5 Å². The first-order valence-corrected chi connectivity index (χ1v) is 9.66. The molecule has 2 aliphatic rings. The van der Waals surface area contributed by atoms with Crippen LogP contribution < -0.4 is 10.6 Å². The average molecular weight is 341 g/mol. The van der Waals surface area contributed by atoms with E-state index in [0.717, 1.165) is 58.4 Å². The minimum atomic E-state index is 0.331. The molecule has 2 N–H and O–H groups in total. The van der Waals surface area contributed by atoms with Gasteiger partial charge in [0, 0.05) is 45.9 Å². The van der Waals surface area contributed by atoms with Gasteiger partial charge in [-0.3, -0.25) is 9.89 Å². The molecule has 0 aromatic carbocycles. The summed E-state index contributed by atoms with van der Waals surface area (Å²) in [6.07, 6.45) is 5.07. The number of morpholine rings is 1. The van der Waals surface area contributed by atoms with Crippen molar-refractivity contribution in [2.24, 2.45) is 10.9 Å². The zero-order valence-electron chi connectivity index (χ0n) is 15.7. The Morgan fingerprint density at radius 1 is 1.17 bits per heavy atom. The molecule has 0 saturated carbocycles. The van der Waals surface area contributed by atoms with E-state index in [1.54, 1.807) is 0 Å². The van der Waals surface area contributed by atoms with Crippen LogP contribution in [0, 0.1) is 5.92 Å². The van der Waals surface area contributed by atoms with Crippen LogP contribution in [0.15, 0.2) is 4.99 Å². The summed E-state index contributed by atoms with van der Waals surface area (Å²) >= 11 is 0. The molecule has 0 aromatic heterocycles. The fraction of sp³-hybridized carbons (Fsp3) is 0.944. The molecule has 2 unspecified atom stereocenters. The first kappa shape index (κ1) is 19.5. The molecule has 0 amide bonds. The Hall–Kier alpha value is -0.850. The van der Waals surface area contributed by atoms with E-state index >= 15 is 0 Å². The number of guanidine groups is 1. The highest BCUT2D eigenvalue weighted by Crippen LogP contribution is 2.19. The van der Waals surface area contributed by atoms with Gasteiger partial charge in [0.1, 0.15) is 0 Å². The van der Waals surface area contributed by atoms with Crippen LogP contribution in [0.3, 0.4) is 0 Å². The molecule has 2 saturated heterocycles. The summed E-state index contributed by atoms with van der Waals surface area (Å²) in [7, 11) is 1.84. The number of ether oxygens (including phenoxy) is 2. The SMILES string of the molecule is CCC(CC)C(CNC(=NC)NCC1CCCO1)N1CCOCC1. The van der Waals surface area contributed by atoms with Gasteiger partial charge in [0.2, 0.25) is 0 Å². The summed E-state index contributed by atoms with van der Waals surface area (Å²) in [5, 5.41) is 6.96. The van der Waals surface area contributed by atoms with Gasteiger partial charge < -0.3 is 20.1 Å². The summed E-state index contributed by atoms with van der Waals surface area (Å²) in [5.74, 6) is 1.58. The van der Waals surface area contributed by atoms with Crippen LogP contribution in [-0.2, 0) is 9.47 Å². The Bertz CT molecular complexity index is 362. The van der Waals surface area contributed by atoms with E-state index in [9.17, 15) is 0 Å². The van der Waals surface area contributed by atoms with Crippen molar-refractivity contribution in [2.75, 3.05) is 53.0 Å². The molecule has 0 radical (unpaired) electrons. The predicted octanol–water partition coefficient (Wildman–Crippen LogP) is 1.47. The highest BCUT2D eigenvalue weighted by molar-refractivity contribution is 5.79. The number of nitrogens with one attached hydrogen (secondary N) is 2. The standard InChI is InChI=1S/C18H36N4O2/c1-4-15(5-2)17(22-8-11-23-12-9-22)14-21-18(19-3)20-13-16-7-6-10-24-16/h15-17H,4-14H2,1-3H3,(H2,19,20,21). The second-order valence-corrected chi connectivity index (χ2v) is 6.76. The lowest BCUT2D eigenvalue weighted by molar-refractivity contribution is 0.00270. The van der Waals surface area contributed by atoms with Crippen LogP contribution in [0.5, 0.6) is 0 Å². The zero-order valence-corrected chi connectivity index (χ0v) is 15.7. The van der Waals surface area contributed by atoms with Crippen molar-refractivity contribution in [3.05, 3.63) is 0 Å². The van der Waals surface area contributed by atoms with Gasteiger partial charge in [-0.2, -0.15) is 0 Å². The topological polar surface area (TPSA) is 58.1 Å². The second-order valence-electron chi connectivity index (χ2n) is 6.76. The van der Waals surface area contributed by atoms with Crippen LogP contribution >= 0.6 is 0 Å². The summed E-state index contributed by atoms with van der Waals surface area (Å²) in [5.41, 5.74) is 0. The minimum absolute atomic E-state index is 0.331. The van der Waals surface area contributed by atoms with Crippen LogP contribution in [-0.4, -0.2) is 76.1 Å². The maximum atomic E-state index is 5.67. The van der Waals surface area contributed by atoms with E-state index in [1.165, 1.54) is 19.3 Å². The highest BCUT2D eigenvalue weighted by Gasteiger charge is 2.27. The van der Waals surface area contributed by atoms with Gasteiger partial charge in [0.25, 0.3) is 0 Å². The molecule has 6 nitrogen and oxygen atoms in total. The summed E-state index contributed by atoms with van der Waals surface area (Å²) in [6.45, 7) is 11.0. The van der Waals surface area contributed by atoms with Gasteiger partial charge in [-0.1, -0.05) is 26.7 Å². The first-order chi connectivity index (χ1) is 11.8. The van der Waals surface area contributed by atoms with E-state index in [-0.39, 0.29) is 0 Å². The van der Waals surface area contributed by atoms with E-state index < -0.39 is 0 Å². The fourth-order valence-electron chi connectivity index (χ4n) is 3.77. The molecular formula is C18H36N4O2. The number of hydrogen-bond donors (Lipinski definition) is 2. The molecule has 2 rings (SSSR count). The monoisotopic (exact) mass is 340 g/mol. The number of hydrogen-bond acceptors (Lipinski definition) is 4. The van der Waals surface area contributed by atoms with Crippen molar-refractivity contribution < 1.29 is 9.47 Å².